The lowest BCUT2D eigenvalue weighted by atomic mass is 10.1. The average Bonchev–Trinajstić information content (AvgIpc) is 2.93. The minimum absolute atomic E-state index is 0.258. The van der Waals surface area contributed by atoms with Crippen LogP contribution in [0.1, 0.15) is 16.1 Å². The number of rotatable bonds is 4. The molecular formula is C18H17ClN2O3. The Morgan fingerprint density at radius 1 is 1.12 bits per heavy atom. The van der Waals surface area contributed by atoms with Gasteiger partial charge in [-0.3, -0.25) is 4.79 Å². The number of hydrogen-bond donors (Lipinski definition) is 2. The molecule has 6 heteroatoms. The summed E-state index contributed by atoms with van der Waals surface area (Å²) in [6.07, 6.45) is 0. The van der Waals surface area contributed by atoms with E-state index in [9.17, 15) is 4.79 Å². The maximum absolute atomic E-state index is 12.7. The van der Waals surface area contributed by atoms with E-state index in [1.165, 1.54) is 14.2 Å². The summed E-state index contributed by atoms with van der Waals surface area (Å²) in [4.78, 5) is 15.8. The Morgan fingerprint density at radius 3 is 2.50 bits per heavy atom. The number of halogens is 1. The molecule has 0 fully saturated rings. The van der Waals surface area contributed by atoms with Crippen LogP contribution in [0, 0.1) is 6.92 Å². The summed E-state index contributed by atoms with van der Waals surface area (Å²) in [6, 6.07) is 11.0. The number of aromatic amines is 1. The number of methoxy groups -OCH3 is 2. The van der Waals surface area contributed by atoms with E-state index in [0.29, 0.717) is 27.9 Å². The van der Waals surface area contributed by atoms with Crippen molar-refractivity contribution in [1.82, 2.24) is 4.98 Å². The van der Waals surface area contributed by atoms with Crippen LogP contribution in [0.15, 0.2) is 36.4 Å². The van der Waals surface area contributed by atoms with Crippen LogP contribution < -0.4 is 14.8 Å². The Hall–Kier alpha value is -2.66. The van der Waals surface area contributed by atoms with Gasteiger partial charge < -0.3 is 19.8 Å². The van der Waals surface area contributed by atoms with Gasteiger partial charge >= 0.3 is 0 Å². The number of carbonyl (C=O) groups excluding carboxylic acids is 1. The Balaban J connectivity index is 1.98. The van der Waals surface area contributed by atoms with Crippen molar-refractivity contribution < 1.29 is 14.3 Å². The van der Waals surface area contributed by atoms with E-state index in [-0.39, 0.29) is 5.91 Å². The second kappa shape index (κ2) is 6.45. The number of benzene rings is 2. The van der Waals surface area contributed by atoms with E-state index >= 15 is 0 Å². The first-order chi connectivity index (χ1) is 11.5. The van der Waals surface area contributed by atoms with Crippen LogP contribution in [0.5, 0.6) is 11.5 Å². The van der Waals surface area contributed by atoms with E-state index in [1.807, 2.05) is 31.2 Å². The first kappa shape index (κ1) is 16.2. The Labute approximate surface area is 144 Å². The fourth-order valence-corrected chi connectivity index (χ4v) is 2.88. The van der Waals surface area contributed by atoms with E-state index < -0.39 is 0 Å². The summed E-state index contributed by atoms with van der Waals surface area (Å²) in [5.41, 5.74) is 2.80. The maximum atomic E-state index is 12.7. The highest BCUT2D eigenvalue weighted by Crippen LogP contribution is 2.36. The average molecular weight is 345 g/mol. The van der Waals surface area contributed by atoms with Crippen molar-refractivity contribution in [3.8, 4) is 11.5 Å². The van der Waals surface area contributed by atoms with Gasteiger partial charge in [-0.25, -0.2) is 0 Å². The number of ether oxygens (including phenoxy) is 2. The Kier molecular flexibility index (Phi) is 4.36. The van der Waals surface area contributed by atoms with Crippen molar-refractivity contribution in [3.05, 3.63) is 52.7 Å². The molecule has 0 aliphatic rings. The predicted octanol–water partition coefficient (Wildman–Crippen LogP) is 4.40. The molecule has 1 aromatic heterocycles. The van der Waals surface area contributed by atoms with Gasteiger partial charge in [-0.1, -0.05) is 29.8 Å². The molecule has 0 unspecified atom stereocenters. The highest BCUT2D eigenvalue weighted by atomic mass is 35.5. The van der Waals surface area contributed by atoms with Crippen LogP contribution in [-0.2, 0) is 0 Å². The predicted molar refractivity (Wildman–Crippen MR) is 95.5 cm³/mol. The van der Waals surface area contributed by atoms with E-state index in [1.54, 1.807) is 12.1 Å². The number of amides is 1. The Bertz CT molecular complexity index is 918. The standard InChI is InChI=1S/C18H17ClN2O3/c1-10-11-6-4-5-7-13(11)20-17(10)18(22)21-14-9-15(23-2)12(19)8-16(14)24-3/h4-9,20H,1-3H3,(H,21,22). The van der Waals surface area contributed by atoms with Crippen LogP contribution in [0.25, 0.3) is 10.9 Å². The molecule has 0 aliphatic heterocycles. The third-order valence-corrected chi connectivity index (χ3v) is 4.21. The summed E-state index contributed by atoms with van der Waals surface area (Å²) < 4.78 is 10.5. The van der Waals surface area contributed by atoms with Crippen LogP contribution in [0.2, 0.25) is 5.02 Å². The Morgan fingerprint density at radius 2 is 1.83 bits per heavy atom. The molecule has 0 saturated heterocycles. The van der Waals surface area contributed by atoms with Gasteiger partial charge in [0, 0.05) is 23.0 Å². The van der Waals surface area contributed by atoms with Gasteiger partial charge in [-0.2, -0.15) is 0 Å². The number of fused-ring (bicyclic) bond motifs is 1. The summed E-state index contributed by atoms with van der Waals surface area (Å²) in [6.45, 7) is 1.91. The summed E-state index contributed by atoms with van der Waals surface area (Å²) in [5, 5.41) is 4.28. The number of anilines is 1. The fraction of sp³-hybridized carbons (Fsp3) is 0.167. The molecule has 1 amide bonds. The summed E-state index contributed by atoms with van der Waals surface area (Å²) in [5.74, 6) is 0.662. The molecule has 124 valence electrons. The van der Waals surface area contributed by atoms with Gasteiger partial charge in [-0.05, 0) is 18.6 Å². The summed E-state index contributed by atoms with van der Waals surface area (Å²) in [7, 11) is 3.03. The second-order valence-corrected chi connectivity index (χ2v) is 5.72. The van der Waals surface area contributed by atoms with Crippen molar-refractivity contribution in [3.63, 3.8) is 0 Å². The molecule has 0 aliphatic carbocycles. The van der Waals surface area contributed by atoms with Crippen molar-refractivity contribution >= 4 is 34.1 Å². The van der Waals surface area contributed by atoms with Gasteiger partial charge in [0.15, 0.2) is 0 Å². The first-order valence-electron chi connectivity index (χ1n) is 7.35. The zero-order valence-corrected chi connectivity index (χ0v) is 14.3. The van der Waals surface area contributed by atoms with Crippen LogP contribution in [-0.4, -0.2) is 25.1 Å². The lowest BCUT2D eigenvalue weighted by Gasteiger charge is -2.13. The second-order valence-electron chi connectivity index (χ2n) is 5.31. The number of aromatic nitrogens is 1. The monoisotopic (exact) mass is 344 g/mol. The van der Waals surface area contributed by atoms with Crippen molar-refractivity contribution in [2.45, 2.75) is 6.92 Å². The lowest BCUT2D eigenvalue weighted by Crippen LogP contribution is -2.14. The normalized spacial score (nSPS) is 10.7. The number of carbonyl (C=O) groups is 1. The zero-order chi connectivity index (χ0) is 17.3. The number of aryl methyl sites for hydroxylation is 1. The van der Waals surface area contributed by atoms with Gasteiger partial charge in [0.05, 0.1) is 24.9 Å². The highest BCUT2D eigenvalue weighted by Gasteiger charge is 2.17. The maximum Gasteiger partial charge on any atom is 0.272 e. The van der Waals surface area contributed by atoms with Crippen molar-refractivity contribution in [2.75, 3.05) is 19.5 Å². The smallest absolute Gasteiger partial charge is 0.272 e. The SMILES string of the molecule is COc1cc(NC(=O)c2[nH]c3ccccc3c2C)c(OC)cc1Cl. The number of para-hydroxylation sites is 1. The molecule has 3 aromatic rings. The quantitative estimate of drug-likeness (QED) is 0.737. The molecule has 3 rings (SSSR count). The number of nitrogens with one attached hydrogen (secondary N) is 2. The molecule has 0 atom stereocenters. The van der Waals surface area contributed by atoms with Crippen molar-refractivity contribution in [1.29, 1.82) is 0 Å². The molecule has 1 heterocycles. The molecule has 0 spiro atoms. The molecule has 24 heavy (non-hydrogen) atoms. The lowest BCUT2D eigenvalue weighted by molar-refractivity contribution is 0.102. The van der Waals surface area contributed by atoms with Crippen LogP contribution >= 0.6 is 11.6 Å². The first-order valence-corrected chi connectivity index (χ1v) is 7.73. The van der Waals surface area contributed by atoms with Gasteiger partial charge in [0.25, 0.3) is 5.91 Å². The van der Waals surface area contributed by atoms with Crippen LogP contribution in [0.3, 0.4) is 0 Å². The van der Waals surface area contributed by atoms with Gasteiger partial charge in [0.1, 0.15) is 17.2 Å². The number of H-pyrrole nitrogens is 1. The highest BCUT2D eigenvalue weighted by molar-refractivity contribution is 6.32. The third kappa shape index (κ3) is 2.78. The minimum atomic E-state index is -0.258. The molecule has 0 bridgehead atoms. The minimum Gasteiger partial charge on any atom is -0.495 e. The summed E-state index contributed by atoms with van der Waals surface area (Å²) >= 11 is 6.09. The molecular weight excluding hydrogens is 328 g/mol. The molecule has 5 nitrogen and oxygen atoms in total. The topological polar surface area (TPSA) is 63.3 Å². The third-order valence-electron chi connectivity index (χ3n) is 3.91. The van der Waals surface area contributed by atoms with Gasteiger partial charge in [0.2, 0.25) is 0 Å². The molecule has 2 aromatic carbocycles. The van der Waals surface area contributed by atoms with E-state index in [2.05, 4.69) is 10.3 Å². The fourth-order valence-electron chi connectivity index (χ4n) is 2.65. The van der Waals surface area contributed by atoms with Crippen molar-refractivity contribution in [2.24, 2.45) is 0 Å². The van der Waals surface area contributed by atoms with E-state index in [4.69, 9.17) is 21.1 Å². The molecule has 2 N–H and O–H groups in total. The zero-order valence-electron chi connectivity index (χ0n) is 13.6. The molecule has 0 saturated carbocycles. The van der Waals surface area contributed by atoms with E-state index in [0.717, 1.165) is 16.5 Å². The van der Waals surface area contributed by atoms with Crippen LogP contribution in [0.4, 0.5) is 5.69 Å². The van der Waals surface area contributed by atoms with Gasteiger partial charge in [-0.15, -0.1) is 0 Å². The number of hydrogen-bond acceptors (Lipinski definition) is 3. The molecule has 0 radical (unpaired) electrons. The largest absolute Gasteiger partial charge is 0.495 e.